The van der Waals surface area contributed by atoms with Gasteiger partial charge >= 0.3 is 0 Å². The van der Waals surface area contributed by atoms with Gasteiger partial charge in [-0.1, -0.05) is 19.8 Å². The van der Waals surface area contributed by atoms with E-state index in [4.69, 9.17) is 0 Å². The molecule has 1 fully saturated rings. The standard InChI is InChI=1S/C11H23NO4S2/c1-2-3-4-7-17(13,14)9-6-12-11-5-8-18(15,16)10-11/h11-12H,2-10H2,1H3. The zero-order valence-electron chi connectivity index (χ0n) is 10.9. The lowest BCUT2D eigenvalue weighted by molar-refractivity contribution is 0.559. The monoisotopic (exact) mass is 297 g/mol. The summed E-state index contributed by atoms with van der Waals surface area (Å²) in [7, 11) is -5.88. The number of rotatable bonds is 8. The molecule has 0 aliphatic carbocycles. The zero-order valence-corrected chi connectivity index (χ0v) is 12.5. The van der Waals surface area contributed by atoms with Crippen molar-refractivity contribution in [1.29, 1.82) is 0 Å². The minimum Gasteiger partial charge on any atom is -0.312 e. The molecule has 1 aliphatic rings. The summed E-state index contributed by atoms with van der Waals surface area (Å²) >= 11 is 0. The molecule has 108 valence electrons. The third-order valence-electron chi connectivity index (χ3n) is 3.14. The first-order valence-electron chi connectivity index (χ1n) is 6.49. The van der Waals surface area contributed by atoms with Gasteiger partial charge in [-0.2, -0.15) is 0 Å². The Morgan fingerprint density at radius 1 is 1.22 bits per heavy atom. The summed E-state index contributed by atoms with van der Waals surface area (Å²) in [6.07, 6.45) is 3.26. The normalized spacial score (nSPS) is 23.3. The van der Waals surface area contributed by atoms with Gasteiger partial charge in [-0.25, -0.2) is 16.8 Å². The molecule has 5 nitrogen and oxygen atoms in total. The summed E-state index contributed by atoms with van der Waals surface area (Å²) < 4.78 is 45.7. The maximum atomic E-state index is 11.6. The van der Waals surface area contributed by atoms with E-state index in [0.29, 0.717) is 13.0 Å². The van der Waals surface area contributed by atoms with Crippen LogP contribution in [0.1, 0.15) is 32.6 Å². The Balaban J connectivity index is 2.21. The van der Waals surface area contributed by atoms with Crippen molar-refractivity contribution in [1.82, 2.24) is 5.32 Å². The van der Waals surface area contributed by atoms with Crippen LogP contribution >= 0.6 is 0 Å². The lowest BCUT2D eigenvalue weighted by atomic mass is 10.3. The van der Waals surface area contributed by atoms with Crippen LogP contribution in [0.3, 0.4) is 0 Å². The third-order valence-corrected chi connectivity index (χ3v) is 6.64. The molecule has 1 atom stereocenters. The topological polar surface area (TPSA) is 80.3 Å². The average molecular weight is 297 g/mol. The smallest absolute Gasteiger partial charge is 0.151 e. The predicted molar refractivity (Wildman–Crippen MR) is 73.2 cm³/mol. The summed E-state index contributed by atoms with van der Waals surface area (Å²) in [4.78, 5) is 0. The van der Waals surface area contributed by atoms with Gasteiger partial charge in [-0.05, 0) is 12.8 Å². The highest BCUT2D eigenvalue weighted by Gasteiger charge is 2.27. The summed E-state index contributed by atoms with van der Waals surface area (Å²) in [5.74, 6) is 0.704. The molecule has 0 bridgehead atoms. The second-order valence-corrected chi connectivity index (χ2v) is 9.45. The fraction of sp³-hybridized carbons (Fsp3) is 1.00. The van der Waals surface area contributed by atoms with Crippen LogP contribution < -0.4 is 5.32 Å². The molecule has 0 spiro atoms. The van der Waals surface area contributed by atoms with E-state index in [1.54, 1.807) is 0 Å². The SMILES string of the molecule is CCCCCS(=O)(=O)CCNC1CCS(=O)(=O)C1. The largest absolute Gasteiger partial charge is 0.312 e. The van der Waals surface area contributed by atoms with Gasteiger partial charge in [0, 0.05) is 12.6 Å². The van der Waals surface area contributed by atoms with Crippen molar-refractivity contribution in [2.24, 2.45) is 0 Å². The summed E-state index contributed by atoms with van der Waals surface area (Å²) in [5, 5.41) is 3.03. The molecular weight excluding hydrogens is 274 g/mol. The van der Waals surface area contributed by atoms with Crippen molar-refractivity contribution in [2.45, 2.75) is 38.6 Å². The van der Waals surface area contributed by atoms with Gasteiger partial charge in [0.2, 0.25) is 0 Å². The lowest BCUT2D eigenvalue weighted by Crippen LogP contribution is -2.34. The van der Waals surface area contributed by atoms with Gasteiger partial charge in [-0.3, -0.25) is 0 Å². The highest BCUT2D eigenvalue weighted by Crippen LogP contribution is 2.11. The third kappa shape index (κ3) is 6.15. The van der Waals surface area contributed by atoms with E-state index in [0.717, 1.165) is 19.3 Å². The molecule has 7 heteroatoms. The Morgan fingerprint density at radius 3 is 2.50 bits per heavy atom. The van der Waals surface area contributed by atoms with Gasteiger partial charge in [0.05, 0.1) is 23.0 Å². The van der Waals surface area contributed by atoms with E-state index in [1.165, 1.54) is 0 Å². The van der Waals surface area contributed by atoms with Crippen LogP contribution in [-0.4, -0.2) is 52.4 Å². The molecule has 1 aliphatic heterocycles. The maximum absolute atomic E-state index is 11.6. The molecule has 0 aromatic carbocycles. The number of unbranched alkanes of at least 4 members (excludes halogenated alkanes) is 2. The van der Waals surface area contributed by atoms with Crippen molar-refractivity contribution < 1.29 is 16.8 Å². The summed E-state index contributed by atoms with van der Waals surface area (Å²) in [5.41, 5.74) is 0. The molecule has 0 saturated carbocycles. The molecule has 0 aromatic rings. The van der Waals surface area contributed by atoms with Gasteiger partial charge in [0.1, 0.15) is 0 Å². The second kappa shape index (κ2) is 6.86. The molecular formula is C11H23NO4S2. The molecule has 0 radical (unpaired) electrons. The number of hydrogen-bond donors (Lipinski definition) is 1. The summed E-state index contributed by atoms with van der Waals surface area (Å²) in [6, 6.07) is -0.0687. The first kappa shape index (κ1) is 15.9. The molecule has 1 N–H and O–H groups in total. The highest BCUT2D eigenvalue weighted by atomic mass is 32.2. The van der Waals surface area contributed by atoms with Crippen LogP contribution in [-0.2, 0) is 19.7 Å². The fourth-order valence-electron chi connectivity index (χ4n) is 2.05. The molecule has 1 unspecified atom stereocenters. The van der Waals surface area contributed by atoms with Crippen molar-refractivity contribution in [3.8, 4) is 0 Å². The minimum absolute atomic E-state index is 0.0687. The molecule has 0 aromatic heterocycles. The van der Waals surface area contributed by atoms with Crippen LogP contribution in [0.5, 0.6) is 0 Å². The van der Waals surface area contributed by atoms with Crippen LogP contribution in [0.15, 0.2) is 0 Å². The van der Waals surface area contributed by atoms with Gasteiger partial charge in [0.15, 0.2) is 19.7 Å². The van der Waals surface area contributed by atoms with Crippen molar-refractivity contribution in [3.05, 3.63) is 0 Å². The van der Waals surface area contributed by atoms with E-state index >= 15 is 0 Å². The molecule has 0 amide bonds. The Labute approximate surface area is 110 Å². The first-order chi connectivity index (χ1) is 8.35. The maximum Gasteiger partial charge on any atom is 0.151 e. The van der Waals surface area contributed by atoms with Crippen molar-refractivity contribution >= 4 is 19.7 Å². The van der Waals surface area contributed by atoms with E-state index in [2.05, 4.69) is 5.32 Å². The van der Waals surface area contributed by atoms with Gasteiger partial charge in [0.25, 0.3) is 0 Å². The molecule has 1 rings (SSSR count). The molecule has 18 heavy (non-hydrogen) atoms. The van der Waals surface area contributed by atoms with E-state index in [-0.39, 0.29) is 29.1 Å². The van der Waals surface area contributed by atoms with E-state index in [9.17, 15) is 16.8 Å². The van der Waals surface area contributed by atoms with Crippen LogP contribution in [0.25, 0.3) is 0 Å². The Bertz CT molecular complexity index is 442. The van der Waals surface area contributed by atoms with Crippen LogP contribution in [0, 0.1) is 0 Å². The average Bonchev–Trinajstić information content (AvgIpc) is 2.58. The van der Waals surface area contributed by atoms with Crippen molar-refractivity contribution in [2.75, 3.05) is 29.6 Å². The Hall–Kier alpha value is -0.140. The Kier molecular flexibility index (Phi) is 6.07. The lowest BCUT2D eigenvalue weighted by Gasteiger charge is -2.10. The first-order valence-corrected chi connectivity index (χ1v) is 10.1. The number of nitrogens with one attached hydrogen (secondary N) is 1. The quantitative estimate of drug-likeness (QED) is 0.655. The fourth-order valence-corrected chi connectivity index (χ4v) is 5.03. The minimum atomic E-state index is -2.99. The predicted octanol–water partition coefficient (Wildman–Crippen LogP) is 0.368. The Morgan fingerprint density at radius 2 is 1.94 bits per heavy atom. The van der Waals surface area contributed by atoms with E-state index in [1.807, 2.05) is 6.92 Å². The molecule has 1 saturated heterocycles. The number of sulfone groups is 2. The number of hydrogen-bond acceptors (Lipinski definition) is 5. The van der Waals surface area contributed by atoms with Crippen LogP contribution in [0.2, 0.25) is 0 Å². The van der Waals surface area contributed by atoms with Crippen LogP contribution in [0.4, 0.5) is 0 Å². The zero-order chi connectivity index (χ0) is 13.6. The summed E-state index contributed by atoms with van der Waals surface area (Å²) in [6.45, 7) is 2.39. The second-order valence-electron chi connectivity index (χ2n) is 4.91. The molecule has 1 heterocycles. The van der Waals surface area contributed by atoms with E-state index < -0.39 is 19.7 Å². The highest BCUT2D eigenvalue weighted by molar-refractivity contribution is 7.91. The van der Waals surface area contributed by atoms with Gasteiger partial charge < -0.3 is 5.32 Å². The van der Waals surface area contributed by atoms with Gasteiger partial charge in [-0.15, -0.1) is 0 Å². The van der Waals surface area contributed by atoms with Crippen molar-refractivity contribution in [3.63, 3.8) is 0 Å².